The van der Waals surface area contributed by atoms with Gasteiger partial charge >= 0.3 is 0 Å². The fraction of sp³-hybridized carbons (Fsp3) is 0.167. The fourth-order valence-electron chi connectivity index (χ4n) is 2.37. The Morgan fingerprint density at radius 2 is 2.00 bits per heavy atom. The lowest BCUT2D eigenvalue weighted by atomic mass is 10.1. The van der Waals surface area contributed by atoms with Crippen LogP contribution in [-0.4, -0.2) is 16.8 Å². The monoisotopic (exact) mass is 357 g/mol. The van der Waals surface area contributed by atoms with Crippen molar-refractivity contribution in [2.45, 2.75) is 19.9 Å². The lowest BCUT2D eigenvalue weighted by Gasteiger charge is -2.06. The molecule has 3 rings (SSSR count). The number of hydrogen-bond donors (Lipinski definition) is 2. The number of nitrogens with one attached hydrogen (secondary N) is 2. The molecule has 0 atom stereocenters. The van der Waals surface area contributed by atoms with Gasteiger partial charge < -0.3 is 10.6 Å². The van der Waals surface area contributed by atoms with Gasteiger partial charge in [-0.1, -0.05) is 35.6 Å². The number of hydrogen-bond acceptors (Lipinski definition) is 4. The number of rotatable bonds is 5. The molecule has 2 N–H and O–H groups in total. The number of carbonyl (C=O) groups excluding carboxylic acids is 2. The SMILES string of the molecule is CC(=O)Nc1nc2ccc(CC(=O)NCc3ccccc3F)cc2s1. The first-order chi connectivity index (χ1) is 12.0. The quantitative estimate of drug-likeness (QED) is 0.736. The van der Waals surface area contributed by atoms with Crippen molar-refractivity contribution in [2.75, 3.05) is 5.32 Å². The maximum atomic E-state index is 13.5. The molecule has 5 nitrogen and oxygen atoms in total. The summed E-state index contributed by atoms with van der Waals surface area (Å²) in [5.74, 6) is -0.694. The molecule has 7 heteroatoms. The van der Waals surface area contributed by atoms with Gasteiger partial charge in [-0.2, -0.15) is 0 Å². The van der Waals surface area contributed by atoms with Crippen LogP contribution in [0, 0.1) is 5.82 Å². The van der Waals surface area contributed by atoms with Gasteiger partial charge in [-0.3, -0.25) is 9.59 Å². The van der Waals surface area contributed by atoms with Crippen molar-refractivity contribution in [3.8, 4) is 0 Å². The number of anilines is 1. The number of halogens is 1. The van der Waals surface area contributed by atoms with Crippen LogP contribution in [0.5, 0.6) is 0 Å². The highest BCUT2D eigenvalue weighted by Gasteiger charge is 2.09. The van der Waals surface area contributed by atoms with Crippen molar-refractivity contribution in [1.82, 2.24) is 10.3 Å². The van der Waals surface area contributed by atoms with E-state index in [1.807, 2.05) is 18.2 Å². The van der Waals surface area contributed by atoms with Gasteiger partial charge in [-0.25, -0.2) is 9.37 Å². The molecular weight excluding hydrogens is 341 g/mol. The van der Waals surface area contributed by atoms with Crippen molar-refractivity contribution >= 4 is 38.5 Å². The zero-order valence-electron chi connectivity index (χ0n) is 13.5. The van der Waals surface area contributed by atoms with Gasteiger partial charge in [0.2, 0.25) is 11.8 Å². The minimum absolute atomic E-state index is 0.154. The number of aromatic nitrogens is 1. The third-order valence-corrected chi connectivity index (χ3v) is 4.47. The van der Waals surface area contributed by atoms with E-state index in [0.717, 1.165) is 15.8 Å². The van der Waals surface area contributed by atoms with Gasteiger partial charge in [0.1, 0.15) is 5.82 Å². The summed E-state index contributed by atoms with van der Waals surface area (Å²) >= 11 is 1.35. The molecule has 0 unspecified atom stereocenters. The largest absolute Gasteiger partial charge is 0.352 e. The van der Waals surface area contributed by atoms with E-state index in [1.165, 1.54) is 24.3 Å². The summed E-state index contributed by atoms with van der Waals surface area (Å²) in [6.07, 6.45) is 0.192. The van der Waals surface area contributed by atoms with E-state index in [1.54, 1.807) is 18.2 Å². The van der Waals surface area contributed by atoms with Gasteiger partial charge in [0, 0.05) is 19.0 Å². The minimum Gasteiger partial charge on any atom is -0.352 e. The Morgan fingerprint density at radius 3 is 2.76 bits per heavy atom. The van der Waals surface area contributed by atoms with Gasteiger partial charge in [0.05, 0.1) is 16.6 Å². The number of thiazole rings is 1. The summed E-state index contributed by atoms with van der Waals surface area (Å²) in [6.45, 7) is 1.58. The molecule has 0 aliphatic carbocycles. The van der Waals surface area contributed by atoms with Crippen LogP contribution in [0.2, 0.25) is 0 Å². The standard InChI is InChI=1S/C18H16FN3O2S/c1-11(23)21-18-22-15-7-6-12(8-16(15)25-18)9-17(24)20-10-13-4-2-3-5-14(13)19/h2-8H,9-10H2,1H3,(H,20,24)(H,21,22,23). The summed E-state index contributed by atoms with van der Waals surface area (Å²) in [6, 6.07) is 11.9. The molecule has 0 bridgehead atoms. The molecule has 0 fully saturated rings. The topological polar surface area (TPSA) is 71.1 Å². The molecule has 0 saturated heterocycles. The molecule has 0 aliphatic heterocycles. The van der Waals surface area contributed by atoms with Crippen LogP contribution in [0.15, 0.2) is 42.5 Å². The molecular formula is C18H16FN3O2S. The molecule has 2 aromatic carbocycles. The van der Waals surface area contributed by atoms with E-state index in [9.17, 15) is 14.0 Å². The van der Waals surface area contributed by atoms with E-state index in [-0.39, 0.29) is 30.6 Å². The van der Waals surface area contributed by atoms with E-state index < -0.39 is 0 Å². The third kappa shape index (κ3) is 4.39. The number of carbonyl (C=O) groups is 2. The van der Waals surface area contributed by atoms with E-state index in [2.05, 4.69) is 15.6 Å². The molecule has 2 amide bonds. The molecule has 25 heavy (non-hydrogen) atoms. The third-order valence-electron chi connectivity index (χ3n) is 3.53. The van der Waals surface area contributed by atoms with Crippen LogP contribution in [-0.2, 0) is 22.6 Å². The van der Waals surface area contributed by atoms with Crippen molar-refractivity contribution in [1.29, 1.82) is 0 Å². The van der Waals surface area contributed by atoms with Crippen molar-refractivity contribution in [2.24, 2.45) is 0 Å². The summed E-state index contributed by atoms with van der Waals surface area (Å²) in [4.78, 5) is 27.5. The molecule has 0 aliphatic rings. The Kier molecular flexibility index (Phi) is 5.04. The highest BCUT2D eigenvalue weighted by molar-refractivity contribution is 7.22. The Morgan fingerprint density at radius 1 is 1.20 bits per heavy atom. The van der Waals surface area contributed by atoms with Crippen LogP contribution >= 0.6 is 11.3 Å². The van der Waals surface area contributed by atoms with E-state index >= 15 is 0 Å². The molecule has 3 aromatic rings. The first-order valence-corrected chi connectivity index (χ1v) is 8.50. The zero-order chi connectivity index (χ0) is 17.8. The van der Waals surface area contributed by atoms with Crippen molar-refractivity contribution in [3.63, 3.8) is 0 Å². The lowest BCUT2D eigenvalue weighted by molar-refractivity contribution is -0.120. The fourth-order valence-corrected chi connectivity index (χ4v) is 3.34. The Balaban J connectivity index is 1.64. The Labute approximate surface area is 147 Å². The summed E-state index contributed by atoms with van der Waals surface area (Å²) in [5.41, 5.74) is 2.05. The first-order valence-electron chi connectivity index (χ1n) is 7.68. The van der Waals surface area contributed by atoms with Crippen LogP contribution in [0.25, 0.3) is 10.2 Å². The zero-order valence-corrected chi connectivity index (χ0v) is 14.3. The van der Waals surface area contributed by atoms with Gasteiger partial charge in [0.25, 0.3) is 0 Å². The summed E-state index contributed by atoms with van der Waals surface area (Å²) < 4.78 is 14.4. The minimum atomic E-state index is -0.334. The highest BCUT2D eigenvalue weighted by Crippen LogP contribution is 2.26. The second-order valence-corrected chi connectivity index (χ2v) is 6.58. The molecule has 1 aromatic heterocycles. The highest BCUT2D eigenvalue weighted by atomic mass is 32.1. The Bertz CT molecular complexity index is 939. The lowest BCUT2D eigenvalue weighted by Crippen LogP contribution is -2.24. The van der Waals surface area contributed by atoms with Crippen LogP contribution in [0.1, 0.15) is 18.1 Å². The molecule has 0 radical (unpaired) electrons. The normalized spacial score (nSPS) is 10.6. The molecule has 1 heterocycles. The second-order valence-electron chi connectivity index (χ2n) is 5.55. The maximum absolute atomic E-state index is 13.5. The average Bonchev–Trinajstić information content (AvgIpc) is 2.94. The summed E-state index contributed by atoms with van der Waals surface area (Å²) in [7, 11) is 0. The smallest absolute Gasteiger partial charge is 0.224 e. The molecule has 0 saturated carbocycles. The average molecular weight is 357 g/mol. The number of fused-ring (bicyclic) bond motifs is 1. The van der Waals surface area contributed by atoms with Crippen LogP contribution in [0.3, 0.4) is 0 Å². The van der Waals surface area contributed by atoms with Gasteiger partial charge in [-0.15, -0.1) is 0 Å². The Hall–Kier alpha value is -2.80. The predicted octanol–water partition coefficient (Wildman–Crippen LogP) is 3.25. The molecule has 128 valence electrons. The second kappa shape index (κ2) is 7.40. The number of amides is 2. The van der Waals surface area contributed by atoms with Crippen molar-refractivity contribution < 1.29 is 14.0 Å². The van der Waals surface area contributed by atoms with E-state index in [4.69, 9.17) is 0 Å². The maximum Gasteiger partial charge on any atom is 0.224 e. The summed E-state index contributed by atoms with van der Waals surface area (Å²) in [5, 5.41) is 5.90. The predicted molar refractivity (Wildman–Crippen MR) is 95.9 cm³/mol. The number of benzene rings is 2. The van der Waals surface area contributed by atoms with Gasteiger partial charge in [0.15, 0.2) is 5.13 Å². The van der Waals surface area contributed by atoms with Crippen LogP contribution < -0.4 is 10.6 Å². The van der Waals surface area contributed by atoms with Crippen molar-refractivity contribution in [3.05, 3.63) is 59.4 Å². The first kappa shape index (κ1) is 17.0. The van der Waals surface area contributed by atoms with E-state index in [0.29, 0.717) is 10.7 Å². The number of nitrogens with zero attached hydrogens (tertiary/aromatic N) is 1. The van der Waals surface area contributed by atoms with Gasteiger partial charge in [-0.05, 0) is 23.8 Å². The van der Waals surface area contributed by atoms with Crippen LogP contribution in [0.4, 0.5) is 9.52 Å². The molecule has 0 spiro atoms.